The molecule has 0 aliphatic carbocycles. The highest BCUT2D eigenvalue weighted by Gasteiger charge is 2.24. The lowest BCUT2D eigenvalue weighted by Gasteiger charge is -2.24. The number of anilines is 2. The van der Waals surface area contributed by atoms with Gasteiger partial charge in [0, 0.05) is 24.2 Å². The van der Waals surface area contributed by atoms with Gasteiger partial charge in [-0.25, -0.2) is 4.79 Å². The Morgan fingerprint density at radius 1 is 1.24 bits per heavy atom. The molecule has 3 N–H and O–H groups in total. The Labute approximate surface area is 178 Å². The third-order valence-electron chi connectivity index (χ3n) is 4.21. The van der Waals surface area contributed by atoms with E-state index < -0.39 is 17.2 Å². The molecule has 0 saturated heterocycles. The van der Waals surface area contributed by atoms with Gasteiger partial charge < -0.3 is 15.4 Å². The Kier molecular flexibility index (Phi) is 8.16. The molecule has 0 unspecified atom stereocenters. The highest BCUT2D eigenvalue weighted by molar-refractivity contribution is 6.34. The van der Waals surface area contributed by atoms with E-state index in [2.05, 4.69) is 4.98 Å². The molecule has 0 spiro atoms. The van der Waals surface area contributed by atoms with Crippen LogP contribution in [0.15, 0.2) is 27.8 Å². The zero-order valence-corrected chi connectivity index (χ0v) is 17.8. The number of unbranched alkanes of at least 4 members (excludes halogenated alkanes) is 1. The van der Waals surface area contributed by atoms with Crippen LogP contribution in [0.5, 0.6) is 5.75 Å². The van der Waals surface area contributed by atoms with Crippen molar-refractivity contribution < 1.29 is 9.53 Å². The molecule has 0 radical (unpaired) electrons. The Morgan fingerprint density at radius 3 is 2.62 bits per heavy atom. The van der Waals surface area contributed by atoms with Crippen molar-refractivity contribution in [3.63, 3.8) is 0 Å². The first-order chi connectivity index (χ1) is 13.8. The maximum absolute atomic E-state index is 12.9. The molecule has 2 aromatic rings. The zero-order valence-electron chi connectivity index (χ0n) is 16.3. The Morgan fingerprint density at radius 2 is 1.97 bits per heavy atom. The van der Waals surface area contributed by atoms with E-state index in [4.69, 9.17) is 33.7 Å². The standard InChI is InChI=1S/C19H24Cl2N4O4/c1-3-5-9-24(15(26)11-29-14-10-12(20)6-7-13(14)21)16-17(22)25(8-4-2)19(28)23-18(16)27/h6-7,10H,3-5,8-9,11,22H2,1-2H3,(H,23,27,28). The van der Waals surface area contributed by atoms with Crippen molar-refractivity contribution in [1.82, 2.24) is 9.55 Å². The van der Waals surface area contributed by atoms with Crippen molar-refractivity contribution in [2.75, 3.05) is 23.8 Å². The van der Waals surface area contributed by atoms with E-state index in [0.29, 0.717) is 29.4 Å². The molecule has 0 bridgehead atoms. The highest BCUT2D eigenvalue weighted by Crippen LogP contribution is 2.28. The van der Waals surface area contributed by atoms with Crippen molar-refractivity contribution in [3.05, 3.63) is 49.1 Å². The van der Waals surface area contributed by atoms with Gasteiger partial charge in [0.1, 0.15) is 11.6 Å². The van der Waals surface area contributed by atoms with Gasteiger partial charge in [-0.3, -0.25) is 19.1 Å². The fourth-order valence-corrected chi connectivity index (χ4v) is 3.10. The van der Waals surface area contributed by atoms with Gasteiger partial charge in [0.25, 0.3) is 11.5 Å². The Hall–Kier alpha value is -2.45. The molecule has 2 rings (SSSR count). The second-order valence-corrected chi connectivity index (χ2v) is 7.25. The molecular formula is C19H24Cl2N4O4. The number of benzene rings is 1. The largest absolute Gasteiger partial charge is 0.482 e. The van der Waals surface area contributed by atoms with Crippen molar-refractivity contribution in [1.29, 1.82) is 0 Å². The summed E-state index contributed by atoms with van der Waals surface area (Å²) in [5, 5.41) is 0.711. The monoisotopic (exact) mass is 442 g/mol. The normalized spacial score (nSPS) is 10.8. The van der Waals surface area contributed by atoms with Crippen LogP contribution >= 0.6 is 23.2 Å². The summed E-state index contributed by atoms with van der Waals surface area (Å²) in [4.78, 5) is 40.9. The van der Waals surface area contributed by atoms with Crippen molar-refractivity contribution >= 4 is 40.6 Å². The van der Waals surface area contributed by atoms with Crippen molar-refractivity contribution in [3.8, 4) is 5.75 Å². The van der Waals surface area contributed by atoms with E-state index in [1.165, 1.54) is 15.5 Å². The minimum Gasteiger partial charge on any atom is -0.482 e. The number of hydrogen-bond donors (Lipinski definition) is 2. The van der Waals surface area contributed by atoms with Crippen LogP contribution in [0.3, 0.4) is 0 Å². The third kappa shape index (κ3) is 5.55. The molecule has 1 aromatic carbocycles. The van der Waals surface area contributed by atoms with Gasteiger partial charge in [0.05, 0.1) is 5.02 Å². The summed E-state index contributed by atoms with van der Waals surface area (Å²) in [7, 11) is 0. The molecule has 0 atom stereocenters. The number of halogens is 2. The first-order valence-electron chi connectivity index (χ1n) is 9.30. The molecule has 29 heavy (non-hydrogen) atoms. The van der Waals surface area contributed by atoms with E-state index >= 15 is 0 Å². The summed E-state index contributed by atoms with van der Waals surface area (Å²) >= 11 is 12.0. The van der Waals surface area contributed by atoms with Gasteiger partial charge in [0.2, 0.25) is 0 Å². The van der Waals surface area contributed by atoms with Gasteiger partial charge in [-0.1, -0.05) is 43.5 Å². The van der Waals surface area contributed by atoms with Gasteiger partial charge in [-0.05, 0) is 25.0 Å². The number of aromatic nitrogens is 2. The van der Waals surface area contributed by atoms with Crippen LogP contribution in [0.2, 0.25) is 10.0 Å². The Bertz CT molecular complexity index is 987. The summed E-state index contributed by atoms with van der Waals surface area (Å²) in [5.74, 6) is -0.292. The van der Waals surface area contributed by atoms with E-state index in [0.717, 1.165) is 6.42 Å². The van der Waals surface area contributed by atoms with E-state index in [1.54, 1.807) is 12.1 Å². The number of nitrogen functional groups attached to an aromatic ring is 1. The summed E-state index contributed by atoms with van der Waals surface area (Å²) in [5.41, 5.74) is 4.72. The number of nitrogens with zero attached hydrogens (tertiary/aromatic N) is 2. The topological polar surface area (TPSA) is 110 Å². The van der Waals surface area contributed by atoms with Crippen LogP contribution in [-0.4, -0.2) is 28.6 Å². The highest BCUT2D eigenvalue weighted by atomic mass is 35.5. The number of amides is 1. The number of rotatable bonds is 9. The predicted molar refractivity (Wildman–Crippen MR) is 115 cm³/mol. The molecule has 0 fully saturated rings. The number of nitrogens with one attached hydrogen (secondary N) is 1. The summed E-state index contributed by atoms with van der Waals surface area (Å²) in [6.07, 6.45) is 2.06. The third-order valence-corrected chi connectivity index (χ3v) is 4.76. The molecule has 0 aliphatic heterocycles. The SMILES string of the molecule is CCCCN(C(=O)COc1cc(Cl)ccc1Cl)c1c(N)n(CCC)c(=O)[nH]c1=O. The van der Waals surface area contributed by atoms with Crippen LogP contribution in [0, 0.1) is 0 Å². The molecule has 1 heterocycles. The van der Waals surface area contributed by atoms with Crippen LogP contribution < -0.4 is 26.6 Å². The number of H-pyrrole nitrogens is 1. The first kappa shape index (κ1) is 22.8. The molecule has 0 saturated carbocycles. The Balaban J connectivity index is 2.37. The minimum atomic E-state index is -0.718. The fraction of sp³-hybridized carbons (Fsp3) is 0.421. The number of hydrogen-bond acceptors (Lipinski definition) is 5. The van der Waals surface area contributed by atoms with Crippen LogP contribution in [0.25, 0.3) is 0 Å². The fourth-order valence-electron chi connectivity index (χ4n) is 2.77. The number of nitrogens with two attached hydrogens (primary N) is 1. The van der Waals surface area contributed by atoms with Crippen LogP contribution in [0.4, 0.5) is 11.5 Å². The van der Waals surface area contributed by atoms with E-state index in [9.17, 15) is 14.4 Å². The van der Waals surface area contributed by atoms with E-state index in [1.807, 2.05) is 13.8 Å². The molecule has 1 amide bonds. The quantitative estimate of drug-likeness (QED) is 0.619. The summed E-state index contributed by atoms with van der Waals surface area (Å²) < 4.78 is 6.76. The van der Waals surface area contributed by atoms with Gasteiger partial charge in [0.15, 0.2) is 12.3 Å². The van der Waals surface area contributed by atoms with Gasteiger partial charge in [-0.2, -0.15) is 0 Å². The molecule has 158 valence electrons. The molecule has 1 aromatic heterocycles. The number of carbonyl (C=O) groups excluding carboxylic acids is 1. The molecule has 10 heteroatoms. The predicted octanol–water partition coefficient (Wildman–Crippen LogP) is 3.05. The van der Waals surface area contributed by atoms with Gasteiger partial charge in [-0.15, -0.1) is 0 Å². The molecule has 0 aliphatic rings. The smallest absolute Gasteiger partial charge is 0.330 e. The molecular weight excluding hydrogens is 419 g/mol. The second kappa shape index (κ2) is 10.4. The maximum Gasteiger partial charge on any atom is 0.330 e. The minimum absolute atomic E-state index is 0.0501. The van der Waals surface area contributed by atoms with Crippen LogP contribution in [-0.2, 0) is 11.3 Å². The van der Waals surface area contributed by atoms with Crippen LogP contribution in [0.1, 0.15) is 33.1 Å². The summed E-state index contributed by atoms with van der Waals surface area (Å²) in [6, 6.07) is 4.65. The maximum atomic E-state index is 12.9. The lowest BCUT2D eigenvalue weighted by Crippen LogP contribution is -2.43. The lowest BCUT2D eigenvalue weighted by molar-refractivity contribution is -0.120. The van der Waals surface area contributed by atoms with Crippen molar-refractivity contribution in [2.24, 2.45) is 0 Å². The zero-order chi connectivity index (χ0) is 21.6. The first-order valence-corrected chi connectivity index (χ1v) is 10.1. The van der Waals surface area contributed by atoms with E-state index in [-0.39, 0.29) is 30.4 Å². The number of ether oxygens (including phenoxy) is 1. The second-order valence-electron chi connectivity index (χ2n) is 6.41. The van der Waals surface area contributed by atoms with Gasteiger partial charge >= 0.3 is 5.69 Å². The van der Waals surface area contributed by atoms with Crippen molar-refractivity contribution in [2.45, 2.75) is 39.7 Å². The number of carbonyl (C=O) groups is 1. The average molecular weight is 443 g/mol. The average Bonchev–Trinajstić information content (AvgIpc) is 2.68. The summed E-state index contributed by atoms with van der Waals surface area (Å²) in [6.45, 7) is 4.02. The number of aromatic amines is 1. The lowest BCUT2D eigenvalue weighted by atomic mass is 10.2. The molecule has 8 nitrogen and oxygen atoms in total.